The molecule has 2 aliphatic rings. The Morgan fingerprint density at radius 3 is 2.35 bits per heavy atom. The summed E-state index contributed by atoms with van der Waals surface area (Å²) in [6, 6.07) is 12.3. The third-order valence-corrected chi connectivity index (χ3v) is 6.05. The monoisotopic (exact) mass is 465 g/mol. The van der Waals surface area contributed by atoms with Gasteiger partial charge in [-0.25, -0.2) is 4.79 Å². The summed E-state index contributed by atoms with van der Waals surface area (Å²) in [5.41, 5.74) is 1.33. The van der Waals surface area contributed by atoms with Crippen molar-refractivity contribution >= 4 is 23.4 Å². The molecule has 2 fully saturated rings. The molecule has 34 heavy (non-hydrogen) atoms. The van der Waals surface area contributed by atoms with Gasteiger partial charge in [-0.15, -0.1) is 0 Å². The molecule has 0 spiro atoms. The molecule has 0 aliphatic carbocycles. The molecule has 178 valence electrons. The van der Waals surface area contributed by atoms with Gasteiger partial charge in [0.2, 0.25) is 0 Å². The summed E-state index contributed by atoms with van der Waals surface area (Å²) in [7, 11) is 1.30. The van der Waals surface area contributed by atoms with Crippen LogP contribution in [0.15, 0.2) is 54.1 Å². The van der Waals surface area contributed by atoms with Crippen molar-refractivity contribution < 1.29 is 33.7 Å². The number of amides is 1. The van der Waals surface area contributed by atoms with E-state index >= 15 is 0 Å². The Bertz CT molecular complexity index is 1100. The number of carbonyl (C=O) groups is 3. The van der Waals surface area contributed by atoms with Crippen LogP contribution < -0.4 is 4.74 Å². The molecule has 2 aromatic rings. The molecule has 0 saturated carbocycles. The Labute approximate surface area is 197 Å². The van der Waals surface area contributed by atoms with Crippen LogP contribution in [0, 0.1) is 0 Å². The van der Waals surface area contributed by atoms with Crippen molar-refractivity contribution in [1.82, 2.24) is 4.90 Å². The molecule has 2 heterocycles. The largest absolute Gasteiger partial charge is 0.507 e. The third-order valence-electron chi connectivity index (χ3n) is 6.05. The fourth-order valence-corrected chi connectivity index (χ4v) is 4.37. The summed E-state index contributed by atoms with van der Waals surface area (Å²) in [6.07, 6.45) is 1.50. The van der Waals surface area contributed by atoms with Gasteiger partial charge in [-0.05, 0) is 61.7 Å². The van der Waals surface area contributed by atoms with E-state index in [0.29, 0.717) is 35.7 Å². The molecule has 2 saturated heterocycles. The van der Waals surface area contributed by atoms with Gasteiger partial charge in [0, 0.05) is 18.7 Å². The second-order valence-electron chi connectivity index (χ2n) is 8.16. The van der Waals surface area contributed by atoms with Crippen molar-refractivity contribution in [1.29, 1.82) is 0 Å². The number of rotatable bonds is 7. The van der Waals surface area contributed by atoms with Gasteiger partial charge in [-0.3, -0.25) is 9.59 Å². The van der Waals surface area contributed by atoms with Crippen LogP contribution in [0.1, 0.15) is 47.3 Å². The molecule has 0 unspecified atom stereocenters. The SMILES string of the molecule is CCOc1ccc(C(O)=C2C(=O)C(=O)N(C[C@@H]3CCCO3)[C@@H]2c2ccc(C(=O)OC)cc2)cc1. The average molecular weight is 466 g/mol. The van der Waals surface area contributed by atoms with Crippen molar-refractivity contribution in [3.63, 3.8) is 0 Å². The topological polar surface area (TPSA) is 102 Å². The van der Waals surface area contributed by atoms with Crippen LogP contribution in [0.3, 0.4) is 0 Å². The fraction of sp³-hybridized carbons (Fsp3) is 0.346. The summed E-state index contributed by atoms with van der Waals surface area (Å²) >= 11 is 0. The summed E-state index contributed by atoms with van der Waals surface area (Å²) in [6.45, 7) is 3.21. The number of hydrogen-bond donors (Lipinski definition) is 1. The number of likely N-dealkylation sites (tertiary alicyclic amines) is 1. The zero-order chi connectivity index (χ0) is 24.2. The van der Waals surface area contributed by atoms with E-state index in [2.05, 4.69) is 0 Å². The molecule has 1 amide bonds. The van der Waals surface area contributed by atoms with Crippen molar-refractivity contribution in [2.75, 3.05) is 26.9 Å². The highest BCUT2D eigenvalue weighted by molar-refractivity contribution is 6.46. The second kappa shape index (κ2) is 10.1. The van der Waals surface area contributed by atoms with Gasteiger partial charge >= 0.3 is 5.97 Å². The van der Waals surface area contributed by atoms with Crippen molar-refractivity contribution in [2.45, 2.75) is 31.9 Å². The van der Waals surface area contributed by atoms with Gasteiger partial charge in [-0.2, -0.15) is 0 Å². The van der Waals surface area contributed by atoms with Crippen LogP contribution >= 0.6 is 0 Å². The number of carbonyl (C=O) groups excluding carboxylic acids is 3. The lowest BCUT2D eigenvalue weighted by Crippen LogP contribution is -2.36. The Morgan fingerprint density at radius 2 is 1.76 bits per heavy atom. The molecule has 4 rings (SSSR count). The highest BCUT2D eigenvalue weighted by atomic mass is 16.5. The molecule has 2 aromatic carbocycles. The van der Waals surface area contributed by atoms with Crippen molar-refractivity contribution in [3.05, 3.63) is 70.8 Å². The lowest BCUT2D eigenvalue weighted by molar-refractivity contribution is -0.140. The number of benzene rings is 2. The van der Waals surface area contributed by atoms with Gasteiger partial charge in [0.25, 0.3) is 11.7 Å². The Morgan fingerprint density at radius 1 is 1.09 bits per heavy atom. The van der Waals surface area contributed by atoms with Gasteiger partial charge in [-0.1, -0.05) is 12.1 Å². The smallest absolute Gasteiger partial charge is 0.337 e. The van der Waals surface area contributed by atoms with E-state index < -0.39 is 23.7 Å². The molecule has 0 bridgehead atoms. The van der Waals surface area contributed by atoms with Gasteiger partial charge in [0.05, 0.1) is 37.0 Å². The zero-order valence-corrected chi connectivity index (χ0v) is 19.2. The molecule has 2 aliphatic heterocycles. The number of ketones is 1. The minimum atomic E-state index is -0.817. The first kappa shape index (κ1) is 23.5. The summed E-state index contributed by atoms with van der Waals surface area (Å²) in [5.74, 6) is -1.57. The average Bonchev–Trinajstić information content (AvgIpc) is 3.46. The normalized spacial score (nSPS) is 21.6. The van der Waals surface area contributed by atoms with Crippen molar-refractivity contribution in [2.24, 2.45) is 0 Å². The minimum absolute atomic E-state index is 0.00188. The van der Waals surface area contributed by atoms with Crippen LogP contribution in [0.2, 0.25) is 0 Å². The Balaban J connectivity index is 1.77. The minimum Gasteiger partial charge on any atom is -0.507 e. The van der Waals surface area contributed by atoms with Crippen molar-refractivity contribution in [3.8, 4) is 5.75 Å². The predicted octanol–water partition coefficient (Wildman–Crippen LogP) is 3.47. The van der Waals surface area contributed by atoms with Gasteiger partial charge in [0.15, 0.2) is 0 Å². The number of methoxy groups -OCH3 is 1. The number of hydrogen-bond acceptors (Lipinski definition) is 7. The van der Waals surface area contributed by atoms with Crippen LogP contribution in [0.5, 0.6) is 5.75 Å². The number of aliphatic hydroxyl groups is 1. The van der Waals surface area contributed by atoms with E-state index in [4.69, 9.17) is 14.2 Å². The predicted molar refractivity (Wildman–Crippen MR) is 123 cm³/mol. The van der Waals surface area contributed by atoms with Crippen LogP contribution in [0.4, 0.5) is 0 Å². The van der Waals surface area contributed by atoms with E-state index in [-0.39, 0.29) is 24.0 Å². The fourth-order valence-electron chi connectivity index (χ4n) is 4.37. The maximum atomic E-state index is 13.1. The van der Waals surface area contributed by atoms with E-state index in [1.165, 1.54) is 12.0 Å². The Hall–Kier alpha value is -3.65. The standard InChI is InChI=1S/C26H27NO7/c1-3-33-19-12-10-17(11-13-19)23(28)21-22(16-6-8-18(9-7-16)26(31)32-2)27(25(30)24(21)29)15-20-5-4-14-34-20/h6-13,20,22,28H,3-5,14-15H2,1-2H3/t20-,22+/m0/s1. The summed E-state index contributed by atoms with van der Waals surface area (Å²) in [5, 5.41) is 11.2. The maximum absolute atomic E-state index is 13.1. The number of nitrogens with zero attached hydrogens (tertiary/aromatic N) is 1. The molecular weight excluding hydrogens is 438 g/mol. The first-order valence-electron chi connectivity index (χ1n) is 11.3. The molecule has 2 atom stereocenters. The summed E-state index contributed by atoms with van der Waals surface area (Å²) < 4.78 is 15.9. The van der Waals surface area contributed by atoms with E-state index in [0.717, 1.165) is 12.8 Å². The molecular formula is C26H27NO7. The van der Waals surface area contributed by atoms with E-state index in [1.54, 1.807) is 48.5 Å². The Kier molecular flexibility index (Phi) is 6.98. The lowest BCUT2D eigenvalue weighted by Gasteiger charge is -2.27. The van der Waals surface area contributed by atoms with Gasteiger partial charge in [0.1, 0.15) is 11.5 Å². The van der Waals surface area contributed by atoms with E-state index in [1.807, 2.05) is 6.92 Å². The first-order valence-corrected chi connectivity index (χ1v) is 11.3. The highest BCUT2D eigenvalue weighted by Gasteiger charge is 2.47. The molecule has 0 radical (unpaired) electrons. The number of ether oxygens (including phenoxy) is 3. The summed E-state index contributed by atoms with van der Waals surface area (Å²) in [4.78, 5) is 39.5. The molecule has 8 nitrogen and oxygen atoms in total. The molecule has 8 heteroatoms. The number of Topliss-reactive ketones (excluding diaryl/α,β-unsaturated/α-hetero) is 1. The maximum Gasteiger partial charge on any atom is 0.337 e. The van der Waals surface area contributed by atoms with Crippen LogP contribution in [-0.2, 0) is 19.1 Å². The lowest BCUT2D eigenvalue weighted by atomic mass is 9.94. The number of esters is 1. The van der Waals surface area contributed by atoms with Crippen LogP contribution in [0.25, 0.3) is 5.76 Å². The molecule has 1 N–H and O–H groups in total. The third kappa shape index (κ3) is 4.54. The first-order chi connectivity index (χ1) is 16.4. The number of aliphatic hydroxyl groups excluding tert-OH is 1. The van der Waals surface area contributed by atoms with Crippen LogP contribution in [-0.4, -0.2) is 60.6 Å². The van der Waals surface area contributed by atoms with Gasteiger partial charge < -0.3 is 24.2 Å². The zero-order valence-electron chi connectivity index (χ0n) is 19.2. The second-order valence-corrected chi connectivity index (χ2v) is 8.16. The highest BCUT2D eigenvalue weighted by Crippen LogP contribution is 2.40. The molecule has 0 aromatic heterocycles. The van der Waals surface area contributed by atoms with E-state index in [9.17, 15) is 19.5 Å². The quantitative estimate of drug-likeness (QED) is 0.289.